The average Bonchev–Trinajstić information content (AvgIpc) is 3.47. The Hall–Kier alpha value is -2.97. The lowest BCUT2D eigenvalue weighted by atomic mass is 9.99. The van der Waals surface area contributed by atoms with Crippen LogP contribution in [-0.2, 0) is 20.0 Å². The molecule has 1 aromatic heterocycles. The van der Waals surface area contributed by atoms with E-state index in [0.717, 1.165) is 11.3 Å². The topological polar surface area (TPSA) is 133 Å². The number of anilines is 1. The number of aliphatic hydroxyl groups is 1. The molecular weight excluding hydrogens is 563 g/mol. The predicted octanol–water partition coefficient (Wildman–Crippen LogP) is 3.09. The number of likely N-dealkylation sites (N-methyl/N-ethyl adjacent to an activating group) is 1. The zero-order valence-electron chi connectivity index (χ0n) is 21.7. The van der Waals surface area contributed by atoms with E-state index in [-0.39, 0.29) is 51.7 Å². The van der Waals surface area contributed by atoms with Gasteiger partial charge in [0.25, 0.3) is 26.0 Å². The van der Waals surface area contributed by atoms with E-state index in [4.69, 9.17) is 4.74 Å². The van der Waals surface area contributed by atoms with Gasteiger partial charge in [0.05, 0.1) is 29.7 Å². The molecule has 0 radical (unpaired) electrons. The first-order valence-corrected chi connectivity index (χ1v) is 16.0. The second-order valence-corrected chi connectivity index (χ2v) is 14.4. The Labute approximate surface area is 232 Å². The van der Waals surface area contributed by atoms with Crippen molar-refractivity contribution in [2.75, 3.05) is 31.5 Å². The van der Waals surface area contributed by atoms with E-state index >= 15 is 0 Å². The predicted molar refractivity (Wildman–Crippen MR) is 149 cm³/mol. The third kappa shape index (κ3) is 6.28. The first-order chi connectivity index (χ1) is 18.4. The van der Waals surface area contributed by atoms with Gasteiger partial charge in [-0.05, 0) is 48.7 Å². The summed E-state index contributed by atoms with van der Waals surface area (Å²) in [6.07, 6.45) is -0.642. The minimum Gasteiger partial charge on any atom is -0.488 e. The summed E-state index contributed by atoms with van der Waals surface area (Å²) in [5.41, 5.74) is 0.262. The Morgan fingerprint density at radius 2 is 1.85 bits per heavy atom. The molecule has 4 rings (SSSR count). The quantitative estimate of drug-likeness (QED) is 0.390. The molecule has 0 aliphatic carbocycles. The van der Waals surface area contributed by atoms with E-state index in [1.807, 2.05) is 6.92 Å². The summed E-state index contributed by atoms with van der Waals surface area (Å²) >= 11 is 1.12. The molecule has 0 saturated heterocycles. The maximum absolute atomic E-state index is 13.6. The van der Waals surface area contributed by atoms with Gasteiger partial charge in [0.1, 0.15) is 16.1 Å². The van der Waals surface area contributed by atoms with Crippen LogP contribution >= 0.6 is 11.3 Å². The van der Waals surface area contributed by atoms with Crippen LogP contribution in [0.4, 0.5) is 5.69 Å². The fourth-order valence-electron chi connectivity index (χ4n) is 4.23. The maximum atomic E-state index is 13.6. The number of nitrogens with zero attached hydrogens (tertiary/aromatic N) is 2. The lowest BCUT2D eigenvalue weighted by Gasteiger charge is -2.38. The average molecular weight is 594 g/mol. The zero-order chi connectivity index (χ0) is 28.4. The van der Waals surface area contributed by atoms with Gasteiger partial charge in [0.15, 0.2) is 0 Å². The molecule has 2 aromatic carbocycles. The molecule has 0 unspecified atom stereocenters. The number of hydrogen-bond acceptors (Lipinski definition) is 8. The Bertz CT molecular complexity index is 1510. The summed E-state index contributed by atoms with van der Waals surface area (Å²) in [6.45, 7) is 3.48. The molecule has 39 heavy (non-hydrogen) atoms. The number of nitrogens with one attached hydrogen (secondary N) is 1. The van der Waals surface area contributed by atoms with Crippen LogP contribution in [0.5, 0.6) is 5.75 Å². The molecule has 2 heterocycles. The van der Waals surface area contributed by atoms with E-state index < -0.39 is 38.1 Å². The summed E-state index contributed by atoms with van der Waals surface area (Å²) < 4.78 is 62.0. The standard InChI is InChI=1S/C26H31N3O7S3/c1-18-15-29(19(2)17-30)26(31)22-14-20(27-38(32,33)21-8-5-4-6-9-21)11-12-23(22)36-24(18)16-28(3)39(34,35)25-10-7-13-37-25/h4-14,18-19,24,27,30H,15-17H2,1-3H3/t18-,19+,24-/m0/s1. The van der Waals surface area contributed by atoms with E-state index in [2.05, 4.69) is 4.72 Å². The van der Waals surface area contributed by atoms with Gasteiger partial charge in [-0.2, -0.15) is 4.31 Å². The highest BCUT2D eigenvalue weighted by atomic mass is 32.2. The van der Waals surface area contributed by atoms with E-state index in [1.54, 1.807) is 36.6 Å². The van der Waals surface area contributed by atoms with Gasteiger partial charge in [0.2, 0.25) is 0 Å². The molecule has 210 valence electrons. The van der Waals surface area contributed by atoms with E-state index in [9.17, 15) is 26.7 Å². The van der Waals surface area contributed by atoms with E-state index in [1.165, 1.54) is 52.7 Å². The minimum absolute atomic E-state index is 0.0127. The fraction of sp³-hybridized carbons (Fsp3) is 0.346. The number of aliphatic hydroxyl groups excluding tert-OH is 1. The van der Waals surface area contributed by atoms with Crippen molar-refractivity contribution in [3.05, 3.63) is 71.6 Å². The number of rotatable bonds is 9. The molecule has 2 N–H and O–H groups in total. The largest absolute Gasteiger partial charge is 0.488 e. The van der Waals surface area contributed by atoms with Gasteiger partial charge in [0, 0.05) is 25.2 Å². The third-order valence-electron chi connectivity index (χ3n) is 6.57. The molecule has 0 fully saturated rings. The SMILES string of the molecule is C[C@H](CO)N1C[C@H](C)[C@H](CN(C)S(=O)(=O)c2cccs2)Oc2ccc(NS(=O)(=O)c3ccccc3)cc2C1=O. The molecular formula is C26H31N3O7S3. The highest BCUT2D eigenvalue weighted by Gasteiger charge is 2.35. The summed E-state index contributed by atoms with van der Waals surface area (Å²) in [4.78, 5) is 15.2. The normalized spacial score (nSPS) is 19.1. The highest BCUT2D eigenvalue weighted by molar-refractivity contribution is 7.92. The van der Waals surface area contributed by atoms with Crippen molar-refractivity contribution in [3.63, 3.8) is 0 Å². The third-order valence-corrected chi connectivity index (χ3v) is 11.2. The van der Waals surface area contributed by atoms with Crippen molar-refractivity contribution in [1.82, 2.24) is 9.21 Å². The number of benzene rings is 2. The number of ether oxygens (including phenoxy) is 1. The number of amides is 1. The molecule has 0 saturated carbocycles. The van der Waals surface area contributed by atoms with Gasteiger partial charge < -0.3 is 14.7 Å². The van der Waals surface area contributed by atoms with Crippen LogP contribution in [0, 0.1) is 5.92 Å². The van der Waals surface area contributed by atoms with Crippen molar-refractivity contribution >= 4 is 43.0 Å². The maximum Gasteiger partial charge on any atom is 0.261 e. The van der Waals surface area contributed by atoms with E-state index in [0.29, 0.717) is 0 Å². The van der Waals surface area contributed by atoms with Crippen molar-refractivity contribution in [2.45, 2.75) is 35.1 Å². The summed E-state index contributed by atoms with van der Waals surface area (Å²) in [6, 6.07) is 14.9. The Kier molecular flexibility index (Phi) is 8.66. The minimum atomic E-state index is -3.91. The number of thiophene rings is 1. The Balaban J connectivity index is 1.69. The molecule has 1 aliphatic heterocycles. The number of hydrogen-bond donors (Lipinski definition) is 2. The molecule has 3 atom stereocenters. The number of fused-ring (bicyclic) bond motifs is 1. The lowest BCUT2D eigenvalue weighted by molar-refractivity contribution is 0.0387. The van der Waals surface area contributed by atoms with Crippen molar-refractivity contribution in [3.8, 4) is 5.75 Å². The lowest BCUT2D eigenvalue weighted by Crippen LogP contribution is -2.50. The molecule has 3 aromatic rings. The van der Waals surface area contributed by atoms with Crippen LogP contribution < -0.4 is 9.46 Å². The van der Waals surface area contributed by atoms with Gasteiger partial charge in [-0.3, -0.25) is 9.52 Å². The second-order valence-electron chi connectivity index (χ2n) is 9.47. The monoisotopic (exact) mass is 593 g/mol. The summed E-state index contributed by atoms with van der Waals surface area (Å²) in [7, 11) is -6.17. The molecule has 0 bridgehead atoms. The van der Waals surface area contributed by atoms with Gasteiger partial charge in [-0.1, -0.05) is 31.2 Å². The zero-order valence-corrected chi connectivity index (χ0v) is 24.2. The van der Waals surface area contributed by atoms with Crippen LogP contribution in [0.2, 0.25) is 0 Å². The smallest absolute Gasteiger partial charge is 0.261 e. The Morgan fingerprint density at radius 3 is 2.49 bits per heavy atom. The van der Waals surface area contributed by atoms with Crippen molar-refractivity contribution in [2.24, 2.45) is 5.92 Å². The van der Waals surface area contributed by atoms with Crippen LogP contribution in [-0.4, -0.2) is 75.9 Å². The Morgan fingerprint density at radius 1 is 1.13 bits per heavy atom. The summed E-state index contributed by atoms with van der Waals surface area (Å²) in [5, 5.41) is 11.5. The van der Waals surface area contributed by atoms with Gasteiger partial charge in [-0.15, -0.1) is 11.3 Å². The van der Waals surface area contributed by atoms with Gasteiger partial charge >= 0.3 is 0 Å². The molecule has 1 aliphatic rings. The number of sulfonamides is 2. The molecule has 13 heteroatoms. The molecule has 1 amide bonds. The van der Waals surface area contributed by atoms with Crippen LogP contribution in [0.1, 0.15) is 24.2 Å². The van der Waals surface area contributed by atoms with Crippen molar-refractivity contribution in [1.29, 1.82) is 0 Å². The van der Waals surface area contributed by atoms with Crippen LogP contribution in [0.3, 0.4) is 0 Å². The van der Waals surface area contributed by atoms with Crippen LogP contribution in [0.25, 0.3) is 0 Å². The molecule has 0 spiro atoms. The van der Waals surface area contributed by atoms with Crippen LogP contribution in [0.15, 0.2) is 75.1 Å². The first kappa shape index (κ1) is 29.0. The van der Waals surface area contributed by atoms with Gasteiger partial charge in [-0.25, -0.2) is 16.8 Å². The molecule has 10 nitrogen and oxygen atoms in total. The second kappa shape index (κ2) is 11.6. The highest BCUT2D eigenvalue weighted by Crippen LogP contribution is 2.32. The summed E-state index contributed by atoms with van der Waals surface area (Å²) in [5.74, 6) is -0.540. The first-order valence-electron chi connectivity index (χ1n) is 12.2. The number of carbonyl (C=O) groups is 1. The number of carbonyl (C=O) groups excluding carboxylic acids is 1. The van der Waals surface area contributed by atoms with Crippen molar-refractivity contribution < 1.29 is 31.5 Å². The fourth-order valence-corrected chi connectivity index (χ4v) is 7.69.